The molecule has 192 valence electrons. The highest BCUT2D eigenvalue weighted by Crippen LogP contribution is 2.43. The number of benzene rings is 3. The van der Waals surface area contributed by atoms with E-state index in [9.17, 15) is 14.4 Å². The number of hydrogen-bond acceptors (Lipinski definition) is 5. The quantitative estimate of drug-likeness (QED) is 0.428. The van der Waals surface area contributed by atoms with Crippen molar-refractivity contribution in [2.75, 3.05) is 23.9 Å². The molecule has 37 heavy (non-hydrogen) atoms. The molecule has 7 heteroatoms. The molecular weight excluding hydrogens is 468 g/mol. The van der Waals surface area contributed by atoms with E-state index in [1.54, 1.807) is 18.1 Å². The van der Waals surface area contributed by atoms with Crippen molar-refractivity contribution in [3.05, 3.63) is 89.5 Å². The van der Waals surface area contributed by atoms with Gasteiger partial charge in [-0.25, -0.2) is 0 Å². The summed E-state index contributed by atoms with van der Waals surface area (Å²) in [6, 6.07) is 21.9. The van der Waals surface area contributed by atoms with Crippen LogP contribution in [0.1, 0.15) is 42.5 Å². The highest BCUT2D eigenvalue weighted by molar-refractivity contribution is 5.97. The number of anilines is 2. The number of carbonyl (C=O) groups excluding carboxylic acids is 3. The monoisotopic (exact) mass is 500 g/mol. The van der Waals surface area contributed by atoms with Gasteiger partial charge in [0.25, 0.3) is 5.91 Å². The molecule has 2 amide bonds. The van der Waals surface area contributed by atoms with Gasteiger partial charge in [-0.2, -0.15) is 0 Å². The van der Waals surface area contributed by atoms with E-state index in [1.165, 1.54) is 0 Å². The lowest BCUT2D eigenvalue weighted by Gasteiger charge is -2.40. The Bertz CT molecular complexity index is 1250. The summed E-state index contributed by atoms with van der Waals surface area (Å²) in [6.07, 6.45) is 1.40. The van der Waals surface area contributed by atoms with E-state index >= 15 is 0 Å². The summed E-state index contributed by atoms with van der Waals surface area (Å²) in [5, 5.41) is 2.76. The van der Waals surface area contributed by atoms with Crippen molar-refractivity contribution in [1.82, 2.24) is 0 Å². The second kappa shape index (κ2) is 11.7. The molecule has 2 atom stereocenters. The molecular formula is C30H32N2O5. The lowest BCUT2D eigenvalue weighted by Crippen LogP contribution is -2.46. The first-order valence-electron chi connectivity index (χ1n) is 12.5. The Kier molecular flexibility index (Phi) is 8.23. The molecule has 1 saturated heterocycles. The van der Waals surface area contributed by atoms with Crippen LogP contribution < -0.4 is 15.0 Å². The molecule has 1 aliphatic heterocycles. The van der Waals surface area contributed by atoms with Gasteiger partial charge in [-0.3, -0.25) is 14.4 Å². The number of para-hydroxylation sites is 1. The fourth-order valence-corrected chi connectivity index (χ4v) is 4.68. The Morgan fingerprint density at radius 1 is 1.00 bits per heavy atom. The molecule has 7 nitrogen and oxygen atoms in total. The molecule has 3 aromatic rings. The summed E-state index contributed by atoms with van der Waals surface area (Å²) in [5.41, 5.74) is 4.27. The zero-order chi connectivity index (χ0) is 26.4. The van der Waals surface area contributed by atoms with Crippen molar-refractivity contribution in [3.63, 3.8) is 0 Å². The number of carbonyl (C=O) groups is 3. The second-order valence-corrected chi connectivity index (χ2v) is 9.14. The van der Waals surface area contributed by atoms with Crippen LogP contribution >= 0.6 is 0 Å². The third-order valence-electron chi connectivity index (χ3n) is 6.66. The van der Waals surface area contributed by atoms with E-state index < -0.39 is 30.4 Å². The van der Waals surface area contributed by atoms with E-state index in [0.29, 0.717) is 29.1 Å². The average Bonchev–Trinajstić information content (AvgIpc) is 2.92. The average molecular weight is 501 g/mol. The largest absolute Gasteiger partial charge is 0.496 e. The van der Waals surface area contributed by atoms with Gasteiger partial charge in [0.15, 0.2) is 6.61 Å². The topological polar surface area (TPSA) is 84.9 Å². The molecule has 0 radical (unpaired) electrons. The maximum Gasteiger partial charge on any atom is 0.311 e. The number of methoxy groups -OCH3 is 1. The number of amides is 2. The second-order valence-electron chi connectivity index (χ2n) is 9.14. The van der Waals surface area contributed by atoms with Crippen LogP contribution in [-0.4, -0.2) is 31.5 Å². The van der Waals surface area contributed by atoms with Gasteiger partial charge in [0.05, 0.1) is 19.1 Å². The van der Waals surface area contributed by atoms with Crippen molar-refractivity contribution >= 4 is 29.2 Å². The number of rotatable bonds is 8. The Labute approximate surface area is 217 Å². The third-order valence-corrected chi connectivity index (χ3v) is 6.66. The maximum absolute atomic E-state index is 13.4. The summed E-state index contributed by atoms with van der Waals surface area (Å²) >= 11 is 0. The Hall–Kier alpha value is -4.13. The predicted molar refractivity (Wildman–Crippen MR) is 143 cm³/mol. The van der Waals surface area contributed by atoms with Crippen LogP contribution in [0.4, 0.5) is 11.4 Å². The van der Waals surface area contributed by atoms with Gasteiger partial charge < -0.3 is 19.7 Å². The van der Waals surface area contributed by atoms with E-state index in [4.69, 9.17) is 9.47 Å². The number of piperidine rings is 1. The van der Waals surface area contributed by atoms with E-state index in [-0.39, 0.29) is 12.3 Å². The zero-order valence-corrected chi connectivity index (χ0v) is 21.4. The minimum absolute atomic E-state index is 0.0860. The van der Waals surface area contributed by atoms with Crippen molar-refractivity contribution in [2.24, 2.45) is 5.92 Å². The van der Waals surface area contributed by atoms with E-state index in [2.05, 4.69) is 12.2 Å². The molecule has 1 fully saturated rings. The number of hydrogen-bond donors (Lipinski definition) is 1. The first-order valence-corrected chi connectivity index (χ1v) is 12.5. The van der Waals surface area contributed by atoms with Crippen molar-refractivity contribution < 1.29 is 23.9 Å². The molecule has 0 saturated carbocycles. The Morgan fingerprint density at radius 3 is 2.38 bits per heavy atom. The van der Waals surface area contributed by atoms with Gasteiger partial charge in [-0.05, 0) is 55.7 Å². The summed E-state index contributed by atoms with van der Waals surface area (Å²) in [5.74, 6) is -1.14. The molecule has 0 aromatic heterocycles. The molecule has 1 N–H and O–H groups in total. The normalized spacial score (nSPS) is 17.3. The summed E-state index contributed by atoms with van der Waals surface area (Å²) < 4.78 is 11.1. The molecule has 1 heterocycles. The van der Waals surface area contributed by atoms with Crippen LogP contribution in [0.2, 0.25) is 0 Å². The van der Waals surface area contributed by atoms with Gasteiger partial charge in [0.2, 0.25) is 5.91 Å². The molecule has 0 unspecified atom stereocenters. The summed E-state index contributed by atoms with van der Waals surface area (Å²) in [4.78, 5) is 40.8. The fraction of sp³-hybridized carbons (Fsp3) is 0.300. The lowest BCUT2D eigenvalue weighted by molar-refractivity contribution is -0.153. The van der Waals surface area contributed by atoms with E-state index in [1.807, 2.05) is 73.7 Å². The van der Waals surface area contributed by atoms with Crippen LogP contribution in [0, 0.1) is 12.8 Å². The minimum atomic E-state index is -0.674. The molecule has 4 rings (SSSR count). The molecule has 0 spiro atoms. The van der Waals surface area contributed by atoms with Gasteiger partial charge in [0.1, 0.15) is 5.75 Å². The molecule has 1 aliphatic rings. The molecule has 0 aliphatic carbocycles. The highest BCUT2D eigenvalue weighted by Gasteiger charge is 2.43. The number of nitrogens with zero attached hydrogens (tertiary/aromatic N) is 1. The first kappa shape index (κ1) is 25.9. The van der Waals surface area contributed by atoms with E-state index in [0.717, 1.165) is 17.5 Å². The molecule has 3 aromatic carbocycles. The smallest absolute Gasteiger partial charge is 0.311 e. The third kappa shape index (κ3) is 6.00. The Morgan fingerprint density at radius 2 is 1.70 bits per heavy atom. The highest BCUT2D eigenvalue weighted by atomic mass is 16.5. The van der Waals surface area contributed by atoms with Crippen LogP contribution in [0.25, 0.3) is 0 Å². The van der Waals surface area contributed by atoms with Crippen molar-refractivity contribution in [3.8, 4) is 5.75 Å². The molecule has 0 bridgehead atoms. The number of aryl methyl sites for hydroxylation is 2. The number of nitrogens with one attached hydrogen (secondary N) is 1. The standard InChI is InChI=1S/C30H32N2O5/c1-4-21-11-13-22(14-12-21)31-27(33)19-37-30(35)25-17-18-28(34)32(23-15-9-20(2)10-16-23)29(25)24-7-5-6-8-26(24)36-3/h5-16,25,29H,4,17-19H2,1-3H3,(H,31,33)/t25-,29+/m1/s1. The maximum atomic E-state index is 13.4. The fourth-order valence-electron chi connectivity index (χ4n) is 4.68. The van der Waals surface area contributed by atoms with Crippen molar-refractivity contribution in [2.45, 2.75) is 39.2 Å². The van der Waals surface area contributed by atoms with Crippen molar-refractivity contribution in [1.29, 1.82) is 0 Å². The van der Waals surface area contributed by atoms with Gasteiger partial charge in [-0.1, -0.05) is 55.0 Å². The van der Waals surface area contributed by atoms with Gasteiger partial charge in [0, 0.05) is 23.4 Å². The van der Waals surface area contributed by atoms with Gasteiger partial charge >= 0.3 is 5.97 Å². The Balaban J connectivity index is 1.57. The predicted octanol–water partition coefficient (Wildman–Crippen LogP) is 5.23. The summed E-state index contributed by atoms with van der Waals surface area (Å²) in [7, 11) is 1.56. The van der Waals surface area contributed by atoms with Crippen LogP contribution in [0.3, 0.4) is 0 Å². The van der Waals surface area contributed by atoms with Crippen LogP contribution in [0.5, 0.6) is 5.75 Å². The summed E-state index contributed by atoms with van der Waals surface area (Å²) in [6.45, 7) is 3.62. The van der Waals surface area contributed by atoms with Gasteiger partial charge in [-0.15, -0.1) is 0 Å². The number of esters is 1. The zero-order valence-electron chi connectivity index (χ0n) is 21.4. The SMILES string of the molecule is CCc1ccc(NC(=O)COC(=O)[C@@H]2CCC(=O)N(c3ccc(C)cc3)[C@H]2c2ccccc2OC)cc1. The lowest BCUT2D eigenvalue weighted by atomic mass is 9.83. The first-order chi connectivity index (χ1) is 17.9. The van der Waals surface area contributed by atoms with Crippen LogP contribution in [0.15, 0.2) is 72.8 Å². The number of ether oxygens (including phenoxy) is 2. The van der Waals surface area contributed by atoms with Crippen LogP contribution in [-0.2, 0) is 25.5 Å². The minimum Gasteiger partial charge on any atom is -0.496 e.